The minimum atomic E-state index is -0.493. The first kappa shape index (κ1) is 20.8. The van der Waals surface area contributed by atoms with Crippen molar-refractivity contribution < 1.29 is 14.5 Å². The molecule has 0 radical (unpaired) electrons. The van der Waals surface area contributed by atoms with Gasteiger partial charge in [-0.25, -0.2) is 9.97 Å². The Morgan fingerprint density at radius 3 is 2.83 bits per heavy atom. The summed E-state index contributed by atoms with van der Waals surface area (Å²) in [6.07, 6.45) is 2.70. The van der Waals surface area contributed by atoms with Crippen molar-refractivity contribution in [2.75, 3.05) is 29.9 Å². The standard InChI is InChI=1S/C19H22ClN5O4/c1-2-29-19(26)14-4-3-9-24(11-14)18-16(25(27)28)17(22-12-23-18)21-10-13-5-7-15(20)8-6-13/h5-8,12,14H,2-4,9-11H2,1H3,(H,21,22,23). The van der Waals surface area contributed by atoms with Crippen molar-refractivity contribution in [1.29, 1.82) is 0 Å². The molecule has 1 aromatic heterocycles. The summed E-state index contributed by atoms with van der Waals surface area (Å²) in [7, 11) is 0. The number of ether oxygens (including phenoxy) is 1. The summed E-state index contributed by atoms with van der Waals surface area (Å²) in [6, 6.07) is 7.17. The molecule has 29 heavy (non-hydrogen) atoms. The second-order valence-electron chi connectivity index (χ2n) is 6.67. The van der Waals surface area contributed by atoms with Gasteiger partial charge in [-0.2, -0.15) is 0 Å². The highest BCUT2D eigenvalue weighted by Crippen LogP contribution is 2.34. The van der Waals surface area contributed by atoms with Gasteiger partial charge in [-0.3, -0.25) is 14.9 Å². The van der Waals surface area contributed by atoms with Gasteiger partial charge in [0.25, 0.3) is 0 Å². The van der Waals surface area contributed by atoms with Crippen molar-refractivity contribution in [1.82, 2.24) is 9.97 Å². The van der Waals surface area contributed by atoms with Gasteiger partial charge in [0.15, 0.2) is 0 Å². The first-order valence-corrected chi connectivity index (χ1v) is 9.76. The highest BCUT2D eigenvalue weighted by molar-refractivity contribution is 6.30. The number of hydrogen-bond acceptors (Lipinski definition) is 8. The van der Waals surface area contributed by atoms with Gasteiger partial charge in [-0.05, 0) is 37.5 Å². The van der Waals surface area contributed by atoms with E-state index in [0.717, 1.165) is 12.0 Å². The van der Waals surface area contributed by atoms with Gasteiger partial charge in [0.05, 0.1) is 17.4 Å². The lowest BCUT2D eigenvalue weighted by Gasteiger charge is -2.32. The third kappa shape index (κ3) is 5.11. The molecule has 9 nitrogen and oxygen atoms in total. The molecule has 1 aromatic carbocycles. The Morgan fingerprint density at radius 2 is 2.14 bits per heavy atom. The maximum absolute atomic E-state index is 12.1. The summed E-state index contributed by atoms with van der Waals surface area (Å²) < 4.78 is 5.11. The number of nitrogens with one attached hydrogen (secondary N) is 1. The first-order chi connectivity index (χ1) is 14.0. The smallest absolute Gasteiger partial charge is 0.353 e. The number of carbonyl (C=O) groups excluding carboxylic acids is 1. The van der Waals surface area contributed by atoms with E-state index < -0.39 is 4.92 Å². The van der Waals surface area contributed by atoms with E-state index in [9.17, 15) is 14.9 Å². The molecule has 3 rings (SSSR count). The molecule has 154 valence electrons. The molecule has 2 aromatic rings. The molecule has 0 spiro atoms. The zero-order chi connectivity index (χ0) is 20.8. The minimum absolute atomic E-state index is 0.133. The highest BCUT2D eigenvalue weighted by atomic mass is 35.5. The molecule has 1 aliphatic heterocycles. The van der Waals surface area contributed by atoms with Crippen LogP contribution in [-0.4, -0.2) is 40.6 Å². The van der Waals surface area contributed by atoms with Crippen LogP contribution >= 0.6 is 11.6 Å². The zero-order valence-electron chi connectivity index (χ0n) is 16.0. The molecule has 0 bridgehead atoms. The van der Waals surface area contributed by atoms with Gasteiger partial charge in [0.1, 0.15) is 6.33 Å². The van der Waals surface area contributed by atoms with Gasteiger partial charge in [-0.1, -0.05) is 23.7 Å². The van der Waals surface area contributed by atoms with Gasteiger partial charge in [0, 0.05) is 24.7 Å². The third-order valence-electron chi connectivity index (χ3n) is 4.70. The van der Waals surface area contributed by atoms with Crippen LogP contribution in [0.5, 0.6) is 0 Å². The molecule has 1 atom stereocenters. The van der Waals surface area contributed by atoms with E-state index in [0.29, 0.717) is 37.7 Å². The van der Waals surface area contributed by atoms with E-state index in [2.05, 4.69) is 15.3 Å². The van der Waals surface area contributed by atoms with Gasteiger partial charge in [-0.15, -0.1) is 0 Å². The van der Waals surface area contributed by atoms with Crippen LogP contribution in [0.4, 0.5) is 17.3 Å². The predicted octanol–water partition coefficient (Wildman–Crippen LogP) is 3.43. The molecule has 1 aliphatic rings. The average molecular weight is 420 g/mol. The fraction of sp³-hybridized carbons (Fsp3) is 0.421. The maximum Gasteiger partial charge on any atom is 0.353 e. The van der Waals surface area contributed by atoms with Crippen LogP contribution in [0.1, 0.15) is 25.3 Å². The quantitative estimate of drug-likeness (QED) is 0.413. The first-order valence-electron chi connectivity index (χ1n) is 9.39. The third-order valence-corrected chi connectivity index (χ3v) is 4.95. The molecule has 0 saturated carbocycles. The van der Waals surface area contributed by atoms with E-state index in [4.69, 9.17) is 16.3 Å². The van der Waals surface area contributed by atoms with E-state index >= 15 is 0 Å². The lowest BCUT2D eigenvalue weighted by molar-refractivity contribution is -0.383. The van der Waals surface area contributed by atoms with Crippen LogP contribution in [0.25, 0.3) is 0 Å². The maximum atomic E-state index is 12.1. The molecular formula is C19H22ClN5O4. The number of hydrogen-bond donors (Lipinski definition) is 1. The summed E-state index contributed by atoms with van der Waals surface area (Å²) in [5, 5.41) is 15.4. The number of piperidine rings is 1. The summed E-state index contributed by atoms with van der Waals surface area (Å²) in [5.74, 6) is -0.274. The van der Waals surface area contributed by atoms with E-state index in [1.807, 2.05) is 12.1 Å². The molecule has 1 unspecified atom stereocenters. The Bertz CT molecular complexity index is 877. The van der Waals surface area contributed by atoms with Crippen LogP contribution < -0.4 is 10.2 Å². The fourth-order valence-corrected chi connectivity index (χ4v) is 3.43. The number of esters is 1. The number of anilines is 2. The summed E-state index contributed by atoms with van der Waals surface area (Å²) in [4.78, 5) is 33.4. The van der Waals surface area contributed by atoms with Crippen LogP contribution in [0.2, 0.25) is 5.02 Å². The van der Waals surface area contributed by atoms with Gasteiger partial charge in [0.2, 0.25) is 11.6 Å². The second-order valence-corrected chi connectivity index (χ2v) is 7.11. The van der Waals surface area contributed by atoms with E-state index in [1.165, 1.54) is 6.33 Å². The Hall–Kier alpha value is -2.94. The molecule has 1 fully saturated rings. The topological polar surface area (TPSA) is 110 Å². The van der Waals surface area contributed by atoms with Crippen LogP contribution in [-0.2, 0) is 16.1 Å². The van der Waals surface area contributed by atoms with Crippen LogP contribution in [0, 0.1) is 16.0 Å². The van der Waals surface area contributed by atoms with E-state index in [-0.39, 0.29) is 29.2 Å². The minimum Gasteiger partial charge on any atom is -0.466 e. The Kier molecular flexibility index (Phi) is 6.82. The second kappa shape index (κ2) is 9.51. The summed E-state index contributed by atoms with van der Waals surface area (Å²) in [5.41, 5.74) is 0.704. The molecular weight excluding hydrogens is 398 g/mol. The van der Waals surface area contributed by atoms with Crippen molar-refractivity contribution in [2.45, 2.75) is 26.3 Å². The lowest BCUT2D eigenvalue weighted by atomic mass is 9.98. The number of carbonyl (C=O) groups is 1. The molecule has 0 aliphatic carbocycles. The monoisotopic (exact) mass is 419 g/mol. The Balaban J connectivity index is 1.81. The van der Waals surface area contributed by atoms with Crippen LogP contribution in [0.3, 0.4) is 0 Å². The van der Waals surface area contributed by atoms with Gasteiger partial charge >= 0.3 is 11.7 Å². The number of nitro groups is 1. The Labute approximate surface area is 173 Å². The van der Waals surface area contributed by atoms with Crippen molar-refractivity contribution in [2.24, 2.45) is 5.92 Å². The van der Waals surface area contributed by atoms with Crippen LogP contribution in [0.15, 0.2) is 30.6 Å². The largest absolute Gasteiger partial charge is 0.466 e. The molecule has 0 amide bonds. The number of rotatable bonds is 7. The molecule has 1 N–H and O–H groups in total. The molecule has 10 heteroatoms. The fourth-order valence-electron chi connectivity index (χ4n) is 3.31. The molecule has 1 saturated heterocycles. The SMILES string of the molecule is CCOC(=O)C1CCCN(c2ncnc(NCc3ccc(Cl)cc3)c2[N+](=O)[O-])C1. The van der Waals surface area contributed by atoms with Crippen molar-refractivity contribution >= 4 is 34.9 Å². The Morgan fingerprint density at radius 1 is 1.38 bits per heavy atom. The summed E-state index contributed by atoms with van der Waals surface area (Å²) >= 11 is 5.89. The van der Waals surface area contributed by atoms with E-state index in [1.54, 1.807) is 24.0 Å². The normalized spacial score (nSPS) is 16.3. The highest BCUT2D eigenvalue weighted by Gasteiger charge is 2.33. The molecule has 2 heterocycles. The van der Waals surface area contributed by atoms with Gasteiger partial charge < -0.3 is 15.0 Å². The average Bonchev–Trinajstić information content (AvgIpc) is 2.73. The van der Waals surface area contributed by atoms with Crippen molar-refractivity contribution in [3.8, 4) is 0 Å². The van der Waals surface area contributed by atoms with Crippen molar-refractivity contribution in [3.05, 3.63) is 51.3 Å². The number of nitrogens with zero attached hydrogens (tertiary/aromatic N) is 4. The summed E-state index contributed by atoms with van der Waals surface area (Å²) in [6.45, 7) is 3.31. The number of benzene rings is 1. The zero-order valence-corrected chi connectivity index (χ0v) is 16.8. The lowest BCUT2D eigenvalue weighted by Crippen LogP contribution is -2.40. The number of aromatic nitrogens is 2. The van der Waals surface area contributed by atoms with Crippen molar-refractivity contribution in [3.63, 3.8) is 0 Å². The number of halogens is 1. The predicted molar refractivity (Wildman–Crippen MR) is 109 cm³/mol.